The van der Waals surface area contributed by atoms with E-state index >= 15 is 0 Å². The largest absolute Gasteiger partial charge is 0.447 e. The summed E-state index contributed by atoms with van der Waals surface area (Å²) in [6.07, 6.45) is -0.493. The Morgan fingerprint density at radius 2 is 2.33 bits per heavy atom. The van der Waals surface area contributed by atoms with Crippen molar-refractivity contribution in [3.8, 4) is 0 Å². The van der Waals surface area contributed by atoms with E-state index in [2.05, 4.69) is 10.1 Å². The second-order valence-electron chi connectivity index (χ2n) is 3.16. The summed E-state index contributed by atoms with van der Waals surface area (Å²) in [7, 11) is 0. The number of hydrogen-bond acceptors (Lipinski definition) is 4. The van der Waals surface area contributed by atoms with Crippen LogP contribution in [0.15, 0.2) is 6.07 Å². The lowest BCUT2D eigenvalue weighted by Crippen LogP contribution is -2.24. The number of carbonyl (C=O) groups excluding carboxylic acids is 1. The van der Waals surface area contributed by atoms with Gasteiger partial charge in [0.15, 0.2) is 0 Å². The van der Waals surface area contributed by atoms with E-state index in [1.54, 1.807) is 11.3 Å². The molecular formula is C10H15NO3S. The van der Waals surface area contributed by atoms with Gasteiger partial charge in [0, 0.05) is 9.75 Å². The van der Waals surface area contributed by atoms with Gasteiger partial charge in [-0.05, 0) is 25.5 Å². The zero-order chi connectivity index (χ0) is 11.3. The molecule has 0 aliphatic carbocycles. The Kier molecular flexibility index (Phi) is 4.58. The maximum atomic E-state index is 11.0. The minimum atomic E-state index is -0.493. The van der Waals surface area contributed by atoms with Crippen LogP contribution in [0.1, 0.15) is 15.3 Å². The minimum absolute atomic E-state index is 0.0360. The number of amides is 1. The molecule has 0 aliphatic rings. The van der Waals surface area contributed by atoms with Gasteiger partial charge in [-0.25, -0.2) is 4.79 Å². The van der Waals surface area contributed by atoms with E-state index in [-0.39, 0.29) is 13.2 Å². The molecule has 0 aromatic carbocycles. The molecule has 0 unspecified atom stereocenters. The van der Waals surface area contributed by atoms with Crippen LogP contribution in [0.2, 0.25) is 0 Å². The van der Waals surface area contributed by atoms with E-state index in [4.69, 9.17) is 5.11 Å². The quantitative estimate of drug-likeness (QED) is 0.824. The van der Waals surface area contributed by atoms with Gasteiger partial charge in [0.25, 0.3) is 0 Å². The number of aliphatic hydroxyl groups excluding tert-OH is 1. The van der Waals surface area contributed by atoms with E-state index in [0.29, 0.717) is 6.54 Å². The molecule has 1 aromatic rings. The van der Waals surface area contributed by atoms with E-state index < -0.39 is 6.09 Å². The summed E-state index contributed by atoms with van der Waals surface area (Å²) >= 11 is 1.66. The number of hydrogen-bond donors (Lipinski definition) is 2. The molecule has 1 rings (SSSR count). The minimum Gasteiger partial charge on any atom is -0.447 e. The first kappa shape index (κ1) is 12.0. The van der Waals surface area contributed by atoms with Crippen molar-refractivity contribution in [2.45, 2.75) is 20.4 Å². The number of carbonyl (C=O) groups is 1. The summed E-state index contributed by atoms with van der Waals surface area (Å²) in [4.78, 5) is 13.4. The number of ether oxygens (including phenoxy) is 1. The molecule has 15 heavy (non-hydrogen) atoms. The van der Waals surface area contributed by atoms with Gasteiger partial charge >= 0.3 is 6.09 Å². The lowest BCUT2D eigenvalue weighted by Gasteiger charge is -2.03. The monoisotopic (exact) mass is 229 g/mol. The van der Waals surface area contributed by atoms with Gasteiger partial charge in [0.1, 0.15) is 6.61 Å². The van der Waals surface area contributed by atoms with E-state index in [1.165, 1.54) is 10.4 Å². The third-order valence-electron chi connectivity index (χ3n) is 1.95. The van der Waals surface area contributed by atoms with Crippen LogP contribution in [0.3, 0.4) is 0 Å². The van der Waals surface area contributed by atoms with Gasteiger partial charge in [-0.1, -0.05) is 0 Å². The van der Waals surface area contributed by atoms with E-state index in [9.17, 15) is 4.79 Å². The molecule has 84 valence electrons. The summed E-state index contributed by atoms with van der Waals surface area (Å²) < 4.78 is 4.65. The van der Waals surface area contributed by atoms with Crippen LogP contribution in [0.4, 0.5) is 4.79 Å². The summed E-state index contributed by atoms with van der Waals surface area (Å²) in [6, 6.07) is 2.05. The first-order valence-electron chi connectivity index (χ1n) is 4.71. The number of aryl methyl sites for hydroxylation is 2. The van der Waals surface area contributed by atoms with Gasteiger partial charge in [-0.3, -0.25) is 0 Å². The molecule has 0 atom stereocenters. The fraction of sp³-hybridized carbons (Fsp3) is 0.500. The predicted molar refractivity (Wildman–Crippen MR) is 59.1 cm³/mol. The molecule has 1 aromatic heterocycles. The number of alkyl carbamates (subject to hydrolysis) is 1. The standard InChI is InChI=1S/C10H15NO3S/c1-7-5-9(15-8(7)2)6-11-10(13)14-4-3-12/h5,12H,3-4,6H2,1-2H3,(H,11,13). The van der Waals surface area contributed by atoms with Gasteiger partial charge in [-0.2, -0.15) is 0 Å². The van der Waals surface area contributed by atoms with Crippen LogP contribution in [0.5, 0.6) is 0 Å². The van der Waals surface area contributed by atoms with Crippen LogP contribution in [-0.4, -0.2) is 24.4 Å². The van der Waals surface area contributed by atoms with Gasteiger partial charge in [-0.15, -0.1) is 11.3 Å². The summed E-state index contributed by atoms with van der Waals surface area (Å²) in [5.41, 5.74) is 1.24. The van der Waals surface area contributed by atoms with Crippen molar-refractivity contribution in [2.75, 3.05) is 13.2 Å². The smallest absolute Gasteiger partial charge is 0.407 e. The van der Waals surface area contributed by atoms with Crippen molar-refractivity contribution in [2.24, 2.45) is 0 Å². The number of rotatable bonds is 4. The molecule has 0 saturated heterocycles. The third-order valence-corrected chi connectivity index (χ3v) is 3.10. The normalized spacial score (nSPS) is 10.1. The zero-order valence-electron chi connectivity index (χ0n) is 8.87. The topological polar surface area (TPSA) is 58.6 Å². The molecule has 0 fully saturated rings. The van der Waals surface area contributed by atoms with Gasteiger partial charge < -0.3 is 15.2 Å². The molecule has 0 saturated carbocycles. The van der Waals surface area contributed by atoms with E-state index in [0.717, 1.165) is 4.88 Å². The number of nitrogens with one attached hydrogen (secondary N) is 1. The van der Waals surface area contributed by atoms with Crippen molar-refractivity contribution < 1.29 is 14.6 Å². The average molecular weight is 229 g/mol. The second kappa shape index (κ2) is 5.72. The van der Waals surface area contributed by atoms with Crippen molar-refractivity contribution in [1.82, 2.24) is 5.32 Å². The van der Waals surface area contributed by atoms with Crippen molar-refractivity contribution >= 4 is 17.4 Å². The number of thiophene rings is 1. The fourth-order valence-corrected chi connectivity index (χ4v) is 2.08. The van der Waals surface area contributed by atoms with Gasteiger partial charge in [0.2, 0.25) is 0 Å². The molecule has 1 amide bonds. The highest BCUT2D eigenvalue weighted by Crippen LogP contribution is 2.20. The fourth-order valence-electron chi connectivity index (χ4n) is 1.09. The summed E-state index contributed by atoms with van der Waals surface area (Å²) in [5.74, 6) is 0. The number of aliphatic hydroxyl groups is 1. The Morgan fingerprint density at radius 3 is 2.87 bits per heavy atom. The highest BCUT2D eigenvalue weighted by Gasteiger charge is 2.04. The van der Waals surface area contributed by atoms with Crippen molar-refractivity contribution in [3.63, 3.8) is 0 Å². The summed E-state index contributed by atoms with van der Waals surface area (Å²) in [5, 5.41) is 11.0. The van der Waals surface area contributed by atoms with E-state index in [1.807, 2.05) is 19.9 Å². The molecule has 2 N–H and O–H groups in total. The molecule has 0 bridgehead atoms. The predicted octanol–water partition coefficient (Wildman–Crippen LogP) is 1.58. The Bertz CT molecular complexity index is 316. The van der Waals surface area contributed by atoms with Crippen molar-refractivity contribution in [3.05, 3.63) is 21.4 Å². The lowest BCUT2D eigenvalue weighted by molar-refractivity contribution is 0.119. The lowest BCUT2D eigenvalue weighted by atomic mass is 10.3. The Labute approximate surface area is 92.9 Å². The average Bonchev–Trinajstić information content (AvgIpc) is 2.52. The second-order valence-corrected chi connectivity index (χ2v) is 4.51. The molecule has 0 aliphatic heterocycles. The Hall–Kier alpha value is -1.07. The molecular weight excluding hydrogens is 214 g/mol. The molecule has 5 heteroatoms. The molecule has 4 nitrogen and oxygen atoms in total. The van der Waals surface area contributed by atoms with Crippen LogP contribution in [-0.2, 0) is 11.3 Å². The highest BCUT2D eigenvalue weighted by molar-refractivity contribution is 7.12. The SMILES string of the molecule is Cc1cc(CNC(=O)OCCO)sc1C. The molecule has 1 heterocycles. The maximum Gasteiger partial charge on any atom is 0.407 e. The van der Waals surface area contributed by atoms with Crippen molar-refractivity contribution in [1.29, 1.82) is 0 Å². The zero-order valence-corrected chi connectivity index (χ0v) is 9.69. The van der Waals surface area contributed by atoms with Crippen LogP contribution in [0, 0.1) is 13.8 Å². The molecule has 0 radical (unpaired) electrons. The van der Waals surface area contributed by atoms with Crippen LogP contribution >= 0.6 is 11.3 Å². The summed E-state index contributed by atoms with van der Waals surface area (Å²) in [6.45, 7) is 4.45. The molecule has 0 spiro atoms. The third kappa shape index (κ3) is 3.89. The maximum absolute atomic E-state index is 11.0. The van der Waals surface area contributed by atoms with Crippen LogP contribution < -0.4 is 5.32 Å². The Balaban J connectivity index is 2.33. The van der Waals surface area contributed by atoms with Gasteiger partial charge in [0.05, 0.1) is 13.2 Å². The van der Waals surface area contributed by atoms with Crippen LogP contribution in [0.25, 0.3) is 0 Å². The first-order valence-corrected chi connectivity index (χ1v) is 5.52. The first-order chi connectivity index (χ1) is 7.13. The Morgan fingerprint density at radius 1 is 1.60 bits per heavy atom. The highest BCUT2D eigenvalue weighted by atomic mass is 32.1.